The number of benzene rings is 2. The van der Waals surface area contributed by atoms with Gasteiger partial charge in [0.05, 0.1) is 0 Å². The normalized spacial score (nSPS) is 16.1. The Hall–Kier alpha value is -1.60. The molecule has 1 atom stereocenters. The first-order valence-corrected chi connectivity index (χ1v) is 7.61. The summed E-state index contributed by atoms with van der Waals surface area (Å²) in [5, 5.41) is 3.61. The summed E-state index contributed by atoms with van der Waals surface area (Å²) in [5.41, 5.74) is 5.57. The molecule has 2 aromatic rings. The summed E-state index contributed by atoms with van der Waals surface area (Å²) >= 11 is 0. The van der Waals surface area contributed by atoms with Crippen molar-refractivity contribution in [3.05, 3.63) is 70.8 Å². The van der Waals surface area contributed by atoms with Crippen molar-refractivity contribution in [3.8, 4) is 0 Å². The Morgan fingerprint density at radius 3 is 2.50 bits per heavy atom. The van der Waals surface area contributed by atoms with Gasteiger partial charge in [-0.3, -0.25) is 0 Å². The predicted molar refractivity (Wildman–Crippen MR) is 84.9 cm³/mol. The summed E-state index contributed by atoms with van der Waals surface area (Å²) in [6.45, 7) is 5.31. The van der Waals surface area contributed by atoms with Crippen molar-refractivity contribution in [3.63, 3.8) is 0 Å². The Kier molecular flexibility index (Phi) is 3.88. The molecule has 1 heteroatoms. The lowest BCUT2D eigenvalue weighted by molar-refractivity contribution is 0.574. The van der Waals surface area contributed by atoms with Gasteiger partial charge < -0.3 is 5.32 Å². The summed E-state index contributed by atoms with van der Waals surface area (Å²) < 4.78 is 0. The highest BCUT2D eigenvalue weighted by Gasteiger charge is 2.22. The lowest BCUT2D eigenvalue weighted by atomic mass is 10.0. The van der Waals surface area contributed by atoms with Gasteiger partial charge in [-0.15, -0.1) is 0 Å². The van der Waals surface area contributed by atoms with Gasteiger partial charge in [-0.25, -0.2) is 0 Å². The van der Waals surface area contributed by atoms with Gasteiger partial charge in [0.15, 0.2) is 0 Å². The van der Waals surface area contributed by atoms with Crippen LogP contribution in [0.1, 0.15) is 54.0 Å². The fraction of sp³-hybridized carbons (Fsp3) is 0.368. The molecule has 104 valence electrons. The average molecular weight is 265 g/mol. The smallest absolute Gasteiger partial charge is 0.0295 e. The number of rotatable bonds is 5. The van der Waals surface area contributed by atoms with Crippen LogP contribution in [0.25, 0.3) is 0 Å². The monoisotopic (exact) mass is 265 g/mol. The molecular weight excluding hydrogens is 242 g/mol. The SMILES string of the molecule is Cc1cccc([C@H](C)NCc2ccc(C3CC3)cc2)c1. The van der Waals surface area contributed by atoms with E-state index >= 15 is 0 Å². The fourth-order valence-electron chi connectivity index (χ4n) is 2.65. The van der Waals surface area contributed by atoms with Crippen molar-refractivity contribution in [1.29, 1.82) is 0 Å². The zero-order valence-corrected chi connectivity index (χ0v) is 12.4. The van der Waals surface area contributed by atoms with Crippen LogP contribution in [0.3, 0.4) is 0 Å². The molecule has 20 heavy (non-hydrogen) atoms. The first kappa shape index (κ1) is 13.4. The van der Waals surface area contributed by atoms with E-state index in [1.807, 2.05) is 0 Å². The molecule has 0 unspecified atom stereocenters. The maximum absolute atomic E-state index is 3.61. The third-order valence-electron chi connectivity index (χ3n) is 4.18. The molecule has 3 rings (SSSR count). The number of hydrogen-bond donors (Lipinski definition) is 1. The van der Waals surface area contributed by atoms with Gasteiger partial charge in [0.1, 0.15) is 0 Å². The molecule has 1 aliphatic rings. The van der Waals surface area contributed by atoms with Gasteiger partial charge >= 0.3 is 0 Å². The average Bonchev–Trinajstić information content (AvgIpc) is 3.30. The quantitative estimate of drug-likeness (QED) is 0.824. The molecule has 0 amide bonds. The van der Waals surface area contributed by atoms with Crippen molar-refractivity contribution in [1.82, 2.24) is 5.32 Å². The summed E-state index contributed by atoms with van der Waals surface area (Å²) in [6, 6.07) is 18.2. The molecule has 0 spiro atoms. The summed E-state index contributed by atoms with van der Waals surface area (Å²) in [7, 11) is 0. The molecular formula is C19H23N. The Labute approximate surface area is 122 Å². The minimum atomic E-state index is 0.387. The van der Waals surface area contributed by atoms with Gasteiger partial charge in [-0.05, 0) is 49.3 Å². The Morgan fingerprint density at radius 2 is 1.85 bits per heavy atom. The third-order valence-corrected chi connectivity index (χ3v) is 4.18. The predicted octanol–water partition coefficient (Wildman–Crippen LogP) is 4.72. The highest BCUT2D eigenvalue weighted by Crippen LogP contribution is 2.39. The maximum atomic E-state index is 3.61. The van der Waals surface area contributed by atoms with Crippen LogP contribution >= 0.6 is 0 Å². The van der Waals surface area contributed by atoms with Crippen LogP contribution in [-0.2, 0) is 6.54 Å². The molecule has 0 heterocycles. The van der Waals surface area contributed by atoms with Crippen molar-refractivity contribution in [2.24, 2.45) is 0 Å². The van der Waals surface area contributed by atoms with Gasteiger partial charge in [0.25, 0.3) is 0 Å². The van der Waals surface area contributed by atoms with Crippen LogP contribution in [0, 0.1) is 6.92 Å². The minimum absolute atomic E-state index is 0.387. The van der Waals surface area contributed by atoms with Gasteiger partial charge in [-0.1, -0.05) is 54.1 Å². The maximum Gasteiger partial charge on any atom is 0.0295 e. The molecule has 1 nitrogen and oxygen atoms in total. The van der Waals surface area contributed by atoms with Gasteiger partial charge in [0, 0.05) is 12.6 Å². The van der Waals surface area contributed by atoms with Crippen LogP contribution in [0.15, 0.2) is 48.5 Å². The molecule has 0 radical (unpaired) electrons. The fourth-order valence-corrected chi connectivity index (χ4v) is 2.65. The molecule has 0 aliphatic heterocycles. The third kappa shape index (κ3) is 3.29. The molecule has 2 aromatic carbocycles. The Balaban J connectivity index is 1.58. The molecule has 0 bridgehead atoms. The topological polar surface area (TPSA) is 12.0 Å². The molecule has 0 aromatic heterocycles. The van der Waals surface area contributed by atoms with Crippen LogP contribution in [0.2, 0.25) is 0 Å². The van der Waals surface area contributed by atoms with Crippen molar-refractivity contribution in [2.45, 2.75) is 45.2 Å². The molecule has 0 saturated heterocycles. The molecule has 1 N–H and O–H groups in total. The zero-order valence-electron chi connectivity index (χ0n) is 12.4. The second kappa shape index (κ2) is 5.80. The van der Waals surface area contributed by atoms with E-state index in [1.165, 1.54) is 35.1 Å². The van der Waals surface area contributed by atoms with Crippen LogP contribution in [0.5, 0.6) is 0 Å². The number of hydrogen-bond acceptors (Lipinski definition) is 1. The van der Waals surface area contributed by atoms with E-state index in [1.54, 1.807) is 0 Å². The standard InChI is InChI=1S/C19H23N/c1-14-4-3-5-19(12-14)15(2)20-13-16-6-8-17(9-7-16)18-10-11-18/h3-9,12,15,18,20H,10-11,13H2,1-2H3/t15-/m0/s1. The lowest BCUT2D eigenvalue weighted by Gasteiger charge is -2.15. The first-order valence-electron chi connectivity index (χ1n) is 7.61. The van der Waals surface area contributed by atoms with E-state index in [2.05, 4.69) is 67.7 Å². The van der Waals surface area contributed by atoms with Crippen molar-refractivity contribution < 1.29 is 0 Å². The number of nitrogens with one attached hydrogen (secondary N) is 1. The van der Waals surface area contributed by atoms with E-state index in [-0.39, 0.29) is 0 Å². The zero-order chi connectivity index (χ0) is 13.9. The van der Waals surface area contributed by atoms with Crippen molar-refractivity contribution in [2.75, 3.05) is 0 Å². The lowest BCUT2D eigenvalue weighted by Crippen LogP contribution is -2.18. The van der Waals surface area contributed by atoms with Gasteiger partial charge in [-0.2, -0.15) is 0 Å². The number of aryl methyl sites for hydroxylation is 1. The second-order valence-corrected chi connectivity index (χ2v) is 6.03. The van der Waals surface area contributed by atoms with E-state index in [0.29, 0.717) is 6.04 Å². The first-order chi connectivity index (χ1) is 9.72. The van der Waals surface area contributed by atoms with E-state index < -0.39 is 0 Å². The summed E-state index contributed by atoms with van der Waals surface area (Å²) in [5.74, 6) is 0.850. The van der Waals surface area contributed by atoms with Crippen LogP contribution < -0.4 is 5.32 Å². The summed E-state index contributed by atoms with van der Waals surface area (Å²) in [4.78, 5) is 0. The van der Waals surface area contributed by atoms with E-state index in [9.17, 15) is 0 Å². The molecule has 1 saturated carbocycles. The van der Waals surface area contributed by atoms with Crippen LogP contribution in [-0.4, -0.2) is 0 Å². The second-order valence-electron chi connectivity index (χ2n) is 6.03. The highest BCUT2D eigenvalue weighted by atomic mass is 14.9. The van der Waals surface area contributed by atoms with E-state index in [4.69, 9.17) is 0 Å². The van der Waals surface area contributed by atoms with E-state index in [0.717, 1.165) is 12.5 Å². The minimum Gasteiger partial charge on any atom is -0.306 e. The highest BCUT2D eigenvalue weighted by molar-refractivity contribution is 5.28. The Bertz CT molecular complexity index is 567. The molecule has 1 aliphatic carbocycles. The Morgan fingerprint density at radius 1 is 1.10 bits per heavy atom. The van der Waals surface area contributed by atoms with Gasteiger partial charge in [0.2, 0.25) is 0 Å². The van der Waals surface area contributed by atoms with Crippen molar-refractivity contribution >= 4 is 0 Å². The molecule has 1 fully saturated rings. The summed E-state index contributed by atoms with van der Waals surface area (Å²) in [6.07, 6.45) is 2.75. The van der Waals surface area contributed by atoms with Crippen LogP contribution in [0.4, 0.5) is 0 Å². The largest absolute Gasteiger partial charge is 0.306 e.